The van der Waals surface area contributed by atoms with E-state index < -0.39 is 20.7 Å². The van der Waals surface area contributed by atoms with Crippen molar-refractivity contribution in [1.82, 2.24) is 4.90 Å². The summed E-state index contributed by atoms with van der Waals surface area (Å²) in [5, 5.41) is 8.91. The number of carbonyl (C=O) groups is 2. The number of hydrogen-bond acceptors (Lipinski definition) is 6. The molecule has 1 aromatic rings. The van der Waals surface area contributed by atoms with E-state index in [0.29, 0.717) is 5.56 Å². The molecule has 0 radical (unpaired) electrons. The van der Waals surface area contributed by atoms with Crippen LogP contribution >= 0.6 is 8.60 Å². The molecule has 3 N–H and O–H groups in total. The van der Waals surface area contributed by atoms with Gasteiger partial charge in [-0.15, -0.1) is 0 Å². The second-order valence-corrected chi connectivity index (χ2v) is 4.71. The average molecular weight is 317 g/mol. The van der Waals surface area contributed by atoms with Crippen molar-refractivity contribution in [3.05, 3.63) is 29.3 Å². The molecule has 0 aromatic heterocycles. The molecule has 21 heavy (non-hydrogen) atoms. The van der Waals surface area contributed by atoms with Crippen LogP contribution in [0.2, 0.25) is 0 Å². The number of rotatable bonds is 6. The number of hydrogen-bond donors (Lipinski definition) is 3. The van der Waals surface area contributed by atoms with Gasteiger partial charge in [-0.05, 0) is 19.1 Å². The lowest BCUT2D eigenvalue weighted by molar-refractivity contribution is 0.0696. The average Bonchev–Trinajstić information content (AvgIpc) is 2.40. The molecule has 0 bridgehead atoms. The van der Waals surface area contributed by atoms with Crippen LogP contribution in [-0.2, 0) is 11.3 Å². The van der Waals surface area contributed by atoms with Crippen molar-refractivity contribution in [3.63, 3.8) is 0 Å². The molecule has 0 aliphatic heterocycles. The summed E-state index contributed by atoms with van der Waals surface area (Å²) in [6, 6.07) is 3.94. The van der Waals surface area contributed by atoms with Gasteiger partial charge in [-0.3, -0.25) is 0 Å². The van der Waals surface area contributed by atoms with Crippen LogP contribution < -0.4 is 4.52 Å². The first kappa shape index (κ1) is 17.2. The number of carboxylic acid groups (broad SMARTS) is 1. The van der Waals surface area contributed by atoms with Crippen LogP contribution in [0.25, 0.3) is 0 Å². The Kier molecular flexibility index (Phi) is 6.36. The fourth-order valence-electron chi connectivity index (χ4n) is 1.54. The van der Waals surface area contributed by atoms with Gasteiger partial charge in [0.2, 0.25) is 0 Å². The Morgan fingerprint density at radius 1 is 1.33 bits per heavy atom. The normalized spacial score (nSPS) is 10.3. The maximum absolute atomic E-state index is 11.5. The zero-order valence-electron chi connectivity index (χ0n) is 11.5. The highest BCUT2D eigenvalue weighted by molar-refractivity contribution is 7.39. The highest BCUT2D eigenvalue weighted by Gasteiger charge is 2.17. The minimum absolute atomic E-state index is 0.0119. The van der Waals surface area contributed by atoms with E-state index >= 15 is 0 Å². The van der Waals surface area contributed by atoms with E-state index in [0.717, 1.165) is 0 Å². The first-order valence-electron chi connectivity index (χ1n) is 5.95. The largest absolute Gasteiger partial charge is 0.478 e. The Morgan fingerprint density at radius 2 is 2.00 bits per heavy atom. The van der Waals surface area contributed by atoms with Crippen molar-refractivity contribution in [3.8, 4) is 5.75 Å². The zero-order chi connectivity index (χ0) is 16.0. The summed E-state index contributed by atoms with van der Waals surface area (Å²) in [6.07, 6.45) is -0.555. The van der Waals surface area contributed by atoms with E-state index in [9.17, 15) is 9.59 Å². The first-order valence-corrected chi connectivity index (χ1v) is 7.11. The van der Waals surface area contributed by atoms with Crippen LogP contribution in [0.4, 0.5) is 4.79 Å². The second-order valence-electron chi connectivity index (χ2n) is 4.03. The van der Waals surface area contributed by atoms with Gasteiger partial charge in [0, 0.05) is 12.6 Å². The molecule has 0 saturated heterocycles. The summed E-state index contributed by atoms with van der Waals surface area (Å²) in [5.41, 5.74) is 0.357. The quantitative estimate of drug-likeness (QED) is 0.682. The topological polar surface area (TPSA) is 117 Å². The highest BCUT2D eigenvalue weighted by Crippen LogP contribution is 2.33. The van der Waals surface area contributed by atoms with E-state index in [1.54, 1.807) is 6.92 Å². The molecule has 0 aliphatic carbocycles. The van der Waals surface area contributed by atoms with E-state index in [2.05, 4.69) is 0 Å². The lowest BCUT2D eigenvalue weighted by atomic mass is 10.1. The van der Waals surface area contributed by atoms with Crippen LogP contribution in [0, 0.1) is 0 Å². The fourth-order valence-corrected chi connectivity index (χ4v) is 1.89. The van der Waals surface area contributed by atoms with Gasteiger partial charge in [0.15, 0.2) is 0 Å². The van der Waals surface area contributed by atoms with Crippen molar-refractivity contribution < 1.29 is 33.7 Å². The molecule has 0 spiro atoms. The molecule has 0 aliphatic rings. The Labute approximate surface area is 122 Å². The number of carbonyl (C=O) groups excluding carboxylic acids is 1. The van der Waals surface area contributed by atoms with Gasteiger partial charge < -0.3 is 29.1 Å². The standard InChI is InChI=1S/C12H16NO7P/c1-3-19-12(16)13(2)7-9-5-4-8(11(14)15)6-10(9)20-21(17)18/h4-6,17-18H,3,7H2,1-2H3,(H,14,15). The van der Waals surface area contributed by atoms with Crippen LogP contribution in [0.15, 0.2) is 18.2 Å². The second kappa shape index (κ2) is 7.78. The van der Waals surface area contributed by atoms with Crippen LogP contribution in [0.1, 0.15) is 22.8 Å². The molecule has 1 aromatic carbocycles. The summed E-state index contributed by atoms with van der Waals surface area (Å²) in [6.45, 7) is 1.97. The Balaban J connectivity index is 2.99. The van der Waals surface area contributed by atoms with Crippen molar-refractivity contribution in [2.45, 2.75) is 13.5 Å². The van der Waals surface area contributed by atoms with Gasteiger partial charge in [-0.25, -0.2) is 9.59 Å². The summed E-state index contributed by atoms with van der Waals surface area (Å²) in [5.74, 6) is -1.19. The summed E-state index contributed by atoms with van der Waals surface area (Å²) >= 11 is 0. The number of ether oxygens (including phenoxy) is 1. The van der Waals surface area contributed by atoms with E-state index in [4.69, 9.17) is 24.2 Å². The van der Waals surface area contributed by atoms with Gasteiger partial charge in [0.05, 0.1) is 18.7 Å². The van der Waals surface area contributed by atoms with E-state index in [1.807, 2.05) is 0 Å². The maximum atomic E-state index is 11.5. The fraction of sp³-hybridized carbons (Fsp3) is 0.333. The van der Waals surface area contributed by atoms with Gasteiger partial charge in [-0.2, -0.15) is 0 Å². The van der Waals surface area contributed by atoms with Crippen molar-refractivity contribution in [2.75, 3.05) is 13.7 Å². The predicted molar refractivity (Wildman–Crippen MR) is 73.9 cm³/mol. The smallest absolute Gasteiger partial charge is 0.409 e. The van der Waals surface area contributed by atoms with Crippen LogP contribution in [0.3, 0.4) is 0 Å². The molecule has 0 saturated carbocycles. The highest BCUT2D eigenvalue weighted by atomic mass is 31.2. The Bertz CT molecular complexity index is 520. The molecule has 116 valence electrons. The Morgan fingerprint density at radius 3 is 2.52 bits per heavy atom. The SMILES string of the molecule is CCOC(=O)N(C)Cc1ccc(C(=O)O)cc1OP(O)O. The molecule has 1 rings (SSSR count). The third-order valence-electron chi connectivity index (χ3n) is 2.48. The lowest BCUT2D eigenvalue weighted by Gasteiger charge is -2.19. The first-order chi connectivity index (χ1) is 9.85. The van der Waals surface area contributed by atoms with Gasteiger partial charge in [0.1, 0.15) is 5.75 Å². The van der Waals surface area contributed by atoms with Gasteiger partial charge >= 0.3 is 20.7 Å². The zero-order valence-corrected chi connectivity index (χ0v) is 12.4. The molecule has 0 unspecified atom stereocenters. The lowest BCUT2D eigenvalue weighted by Crippen LogP contribution is -2.27. The molecule has 0 atom stereocenters. The monoisotopic (exact) mass is 317 g/mol. The number of amides is 1. The summed E-state index contributed by atoms with van der Waals surface area (Å²) in [7, 11) is -1.21. The van der Waals surface area contributed by atoms with E-state index in [-0.39, 0.29) is 24.5 Å². The molecule has 1 amide bonds. The van der Waals surface area contributed by atoms with Crippen molar-refractivity contribution in [1.29, 1.82) is 0 Å². The molecule has 9 heteroatoms. The molecule has 0 heterocycles. The molecular formula is C12H16NO7P. The summed E-state index contributed by atoms with van der Waals surface area (Å²) in [4.78, 5) is 41.6. The minimum Gasteiger partial charge on any atom is -0.478 e. The molecule has 8 nitrogen and oxygen atoms in total. The maximum Gasteiger partial charge on any atom is 0.409 e. The van der Waals surface area contributed by atoms with E-state index in [1.165, 1.54) is 30.1 Å². The third-order valence-corrected chi connectivity index (χ3v) is 2.84. The Hall–Kier alpha value is -1.89. The van der Waals surface area contributed by atoms with Crippen molar-refractivity contribution in [2.24, 2.45) is 0 Å². The number of benzene rings is 1. The number of aromatic carboxylic acids is 1. The third kappa shape index (κ3) is 5.18. The minimum atomic E-state index is -2.70. The molecular weight excluding hydrogens is 301 g/mol. The van der Waals surface area contributed by atoms with Crippen LogP contribution in [-0.4, -0.2) is 45.5 Å². The van der Waals surface area contributed by atoms with Crippen molar-refractivity contribution >= 4 is 20.7 Å². The molecule has 0 fully saturated rings. The summed E-state index contributed by atoms with van der Waals surface area (Å²) < 4.78 is 9.63. The predicted octanol–water partition coefficient (Wildman–Crippen LogP) is 1.56. The van der Waals surface area contributed by atoms with Crippen LogP contribution in [0.5, 0.6) is 5.75 Å². The van der Waals surface area contributed by atoms with Gasteiger partial charge in [0.25, 0.3) is 0 Å². The number of nitrogens with zero attached hydrogens (tertiary/aromatic N) is 1. The van der Waals surface area contributed by atoms with Gasteiger partial charge in [-0.1, -0.05) is 6.07 Å². The number of carboxylic acids is 1.